The van der Waals surface area contributed by atoms with Gasteiger partial charge in [-0.2, -0.15) is 5.21 Å². The third kappa shape index (κ3) is 1.90. The molecule has 1 aliphatic carbocycles. The smallest absolute Gasteiger partial charge is 0.227 e. The molecule has 0 radical (unpaired) electrons. The lowest BCUT2D eigenvalue weighted by molar-refractivity contribution is -0.138. The lowest BCUT2D eigenvalue weighted by atomic mass is 9.62. The van der Waals surface area contributed by atoms with Gasteiger partial charge in [0.25, 0.3) is 0 Å². The van der Waals surface area contributed by atoms with Crippen molar-refractivity contribution in [3.05, 3.63) is 5.82 Å². The first-order valence-electron chi connectivity index (χ1n) is 5.37. The van der Waals surface area contributed by atoms with Crippen LogP contribution in [0, 0.1) is 11.3 Å². The first-order chi connectivity index (χ1) is 7.66. The number of rotatable bonds is 4. The minimum Gasteiger partial charge on any atom is -0.348 e. The summed E-state index contributed by atoms with van der Waals surface area (Å²) < 4.78 is 0. The van der Waals surface area contributed by atoms with E-state index in [4.69, 9.17) is 5.73 Å². The Hall–Kier alpha value is -1.50. The quantitative estimate of drug-likeness (QED) is 0.619. The Bertz CT molecular complexity index is 356. The van der Waals surface area contributed by atoms with Crippen LogP contribution in [-0.4, -0.2) is 33.1 Å². The van der Waals surface area contributed by atoms with Crippen LogP contribution in [0.25, 0.3) is 0 Å². The molecule has 1 aromatic rings. The van der Waals surface area contributed by atoms with E-state index in [0.29, 0.717) is 24.8 Å². The molecule has 1 saturated carbocycles. The highest BCUT2D eigenvalue weighted by Crippen LogP contribution is 2.44. The van der Waals surface area contributed by atoms with E-state index >= 15 is 0 Å². The highest BCUT2D eigenvalue weighted by Gasteiger charge is 2.46. The average molecular weight is 224 g/mol. The number of aromatic amines is 1. The molecular weight excluding hydrogens is 208 g/mol. The number of H-pyrrole nitrogens is 1. The Morgan fingerprint density at radius 2 is 2.44 bits per heavy atom. The highest BCUT2D eigenvalue weighted by atomic mass is 16.2. The highest BCUT2D eigenvalue weighted by molar-refractivity contribution is 5.83. The molecule has 1 fully saturated rings. The van der Waals surface area contributed by atoms with E-state index in [-0.39, 0.29) is 11.3 Å². The molecule has 0 bridgehead atoms. The molecule has 2 rings (SSSR count). The predicted octanol–water partition coefficient (Wildman–Crippen LogP) is -0.809. The van der Waals surface area contributed by atoms with Gasteiger partial charge in [0.2, 0.25) is 5.91 Å². The number of hydrogen-bond acceptors (Lipinski definition) is 5. The van der Waals surface area contributed by atoms with E-state index in [0.717, 1.165) is 12.8 Å². The maximum atomic E-state index is 11.9. The van der Waals surface area contributed by atoms with Crippen molar-refractivity contribution in [2.24, 2.45) is 17.1 Å². The third-order valence-electron chi connectivity index (χ3n) is 3.15. The Labute approximate surface area is 93.2 Å². The Morgan fingerprint density at radius 3 is 2.94 bits per heavy atom. The molecule has 1 aliphatic rings. The van der Waals surface area contributed by atoms with Gasteiger partial charge in [0, 0.05) is 6.54 Å². The van der Waals surface area contributed by atoms with Gasteiger partial charge < -0.3 is 11.1 Å². The average Bonchev–Trinajstić information content (AvgIpc) is 2.73. The van der Waals surface area contributed by atoms with Crippen LogP contribution in [0.1, 0.15) is 25.6 Å². The summed E-state index contributed by atoms with van der Waals surface area (Å²) in [5, 5.41) is 16.1. The predicted molar refractivity (Wildman–Crippen MR) is 55.9 cm³/mol. The molecule has 7 heteroatoms. The van der Waals surface area contributed by atoms with Gasteiger partial charge in [0.15, 0.2) is 5.82 Å². The second-order valence-electron chi connectivity index (χ2n) is 4.51. The lowest BCUT2D eigenvalue weighted by Crippen LogP contribution is -2.53. The summed E-state index contributed by atoms with van der Waals surface area (Å²) in [5.41, 5.74) is 5.30. The Balaban J connectivity index is 1.88. The van der Waals surface area contributed by atoms with Gasteiger partial charge >= 0.3 is 0 Å². The fraction of sp³-hybridized carbons (Fsp3) is 0.778. The zero-order valence-electron chi connectivity index (χ0n) is 9.23. The van der Waals surface area contributed by atoms with E-state index in [9.17, 15) is 4.79 Å². The van der Waals surface area contributed by atoms with Crippen LogP contribution < -0.4 is 11.1 Å². The summed E-state index contributed by atoms with van der Waals surface area (Å²) >= 11 is 0. The third-order valence-corrected chi connectivity index (χ3v) is 3.15. The molecule has 1 heterocycles. The van der Waals surface area contributed by atoms with Gasteiger partial charge in [0.1, 0.15) is 0 Å². The summed E-state index contributed by atoms with van der Waals surface area (Å²) in [6.45, 7) is 2.82. The van der Waals surface area contributed by atoms with E-state index in [2.05, 4.69) is 32.9 Å². The summed E-state index contributed by atoms with van der Waals surface area (Å²) in [6.07, 6.45) is 1.73. The van der Waals surface area contributed by atoms with Crippen LogP contribution in [0.3, 0.4) is 0 Å². The van der Waals surface area contributed by atoms with Crippen LogP contribution in [0.15, 0.2) is 0 Å². The van der Waals surface area contributed by atoms with E-state index in [1.807, 2.05) is 0 Å². The number of carbonyl (C=O) groups is 1. The molecule has 4 N–H and O–H groups in total. The van der Waals surface area contributed by atoms with Crippen molar-refractivity contribution in [3.8, 4) is 0 Å². The topological polar surface area (TPSA) is 110 Å². The molecule has 0 atom stereocenters. The van der Waals surface area contributed by atoms with E-state index < -0.39 is 0 Å². The minimum atomic E-state index is -0.372. The van der Waals surface area contributed by atoms with Crippen molar-refractivity contribution < 1.29 is 4.79 Å². The second kappa shape index (κ2) is 4.17. The van der Waals surface area contributed by atoms with Gasteiger partial charge in [-0.3, -0.25) is 4.79 Å². The lowest BCUT2D eigenvalue weighted by Gasteiger charge is -2.44. The monoisotopic (exact) mass is 224 g/mol. The Kier molecular flexibility index (Phi) is 2.86. The molecule has 16 heavy (non-hydrogen) atoms. The molecule has 0 spiro atoms. The number of tetrazole rings is 1. The molecular formula is C9H16N6O. The zero-order chi connectivity index (χ0) is 11.6. The minimum absolute atomic E-state index is 0.00194. The van der Waals surface area contributed by atoms with Gasteiger partial charge in [-0.05, 0) is 18.8 Å². The van der Waals surface area contributed by atoms with Crippen molar-refractivity contribution in [2.45, 2.75) is 26.3 Å². The summed E-state index contributed by atoms with van der Waals surface area (Å²) in [7, 11) is 0. The second-order valence-corrected chi connectivity index (χ2v) is 4.51. The van der Waals surface area contributed by atoms with Crippen molar-refractivity contribution in [1.29, 1.82) is 0 Å². The summed E-state index contributed by atoms with van der Waals surface area (Å²) in [4.78, 5) is 11.9. The fourth-order valence-corrected chi connectivity index (χ4v) is 2.32. The van der Waals surface area contributed by atoms with Crippen LogP contribution in [-0.2, 0) is 11.3 Å². The first-order valence-corrected chi connectivity index (χ1v) is 5.37. The molecule has 0 aromatic carbocycles. The number of carbonyl (C=O) groups excluding carboxylic acids is 1. The van der Waals surface area contributed by atoms with Crippen LogP contribution >= 0.6 is 0 Å². The van der Waals surface area contributed by atoms with E-state index in [1.54, 1.807) is 0 Å². The zero-order valence-corrected chi connectivity index (χ0v) is 9.23. The molecule has 0 unspecified atom stereocenters. The Morgan fingerprint density at radius 1 is 1.69 bits per heavy atom. The molecule has 1 amide bonds. The van der Waals surface area contributed by atoms with Crippen molar-refractivity contribution in [2.75, 3.05) is 6.54 Å². The number of aromatic nitrogens is 4. The summed E-state index contributed by atoms with van der Waals surface area (Å²) in [5.74, 6) is 1.06. The van der Waals surface area contributed by atoms with Gasteiger partial charge in [-0.25, -0.2) is 0 Å². The first kappa shape index (κ1) is 11.0. The van der Waals surface area contributed by atoms with Crippen LogP contribution in [0.5, 0.6) is 0 Å². The number of nitrogens with two attached hydrogens (primary N) is 1. The fourth-order valence-electron chi connectivity index (χ4n) is 2.32. The maximum absolute atomic E-state index is 11.9. The molecule has 0 saturated heterocycles. The maximum Gasteiger partial charge on any atom is 0.227 e. The van der Waals surface area contributed by atoms with Crippen LogP contribution in [0.2, 0.25) is 0 Å². The van der Waals surface area contributed by atoms with Crippen molar-refractivity contribution in [1.82, 2.24) is 25.9 Å². The van der Waals surface area contributed by atoms with Gasteiger partial charge in [0.05, 0.1) is 12.0 Å². The number of hydrogen-bond donors (Lipinski definition) is 3. The van der Waals surface area contributed by atoms with E-state index in [1.165, 1.54) is 0 Å². The van der Waals surface area contributed by atoms with Crippen molar-refractivity contribution >= 4 is 5.91 Å². The van der Waals surface area contributed by atoms with Crippen molar-refractivity contribution in [3.63, 3.8) is 0 Å². The standard InChI is InChI=1S/C9H16N6O/c1-6-2-9(3-6,5-10)8(16)11-4-7-12-14-15-13-7/h6H,2-5,10H2,1H3,(H,11,16)(H,12,13,14,15). The molecule has 1 aromatic heterocycles. The number of nitrogens with one attached hydrogen (secondary N) is 2. The van der Waals surface area contributed by atoms with Crippen LogP contribution in [0.4, 0.5) is 0 Å². The number of amides is 1. The summed E-state index contributed by atoms with van der Waals surface area (Å²) in [6, 6.07) is 0. The van der Waals surface area contributed by atoms with Gasteiger partial charge in [-0.15, -0.1) is 10.2 Å². The molecule has 88 valence electrons. The van der Waals surface area contributed by atoms with Gasteiger partial charge in [-0.1, -0.05) is 12.1 Å². The normalized spacial score (nSPS) is 28.5. The molecule has 0 aliphatic heterocycles. The largest absolute Gasteiger partial charge is 0.348 e. The number of nitrogens with zero attached hydrogens (tertiary/aromatic N) is 3. The SMILES string of the molecule is CC1CC(CN)(C(=O)NCc2nn[nH]n2)C1. The molecule has 7 nitrogen and oxygen atoms in total.